The summed E-state index contributed by atoms with van der Waals surface area (Å²) in [5.41, 5.74) is 5.71. The molecular formula is C10H17N5O. The topological polar surface area (TPSA) is 75.4 Å². The summed E-state index contributed by atoms with van der Waals surface area (Å²) in [6.45, 7) is 2.85. The lowest BCUT2D eigenvalue weighted by Gasteiger charge is -2.23. The van der Waals surface area contributed by atoms with Crippen LogP contribution in [0, 0.1) is 0 Å². The number of rotatable bonds is 4. The molecule has 0 atom stereocenters. The molecule has 1 amide bonds. The van der Waals surface area contributed by atoms with Gasteiger partial charge in [-0.2, -0.15) is 0 Å². The van der Waals surface area contributed by atoms with Crippen LogP contribution in [0.5, 0.6) is 0 Å². The van der Waals surface area contributed by atoms with E-state index in [4.69, 9.17) is 5.73 Å². The fraction of sp³-hybridized carbons (Fsp3) is 0.500. The van der Waals surface area contributed by atoms with E-state index in [1.165, 1.54) is 11.1 Å². The molecule has 0 aromatic carbocycles. The Balaban J connectivity index is 2.83. The molecule has 0 aliphatic rings. The van der Waals surface area contributed by atoms with Crippen molar-refractivity contribution in [2.75, 3.05) is 37.8 Å². The van der Waals surface area contributed by atoms with Gasteiger partial charge in [0.05, 0.1) is 6.54 Å². The summed E-state index contributed by atoms with van der Waals surface area (Å²) in [5, 5.41) is 0. The van der Waals surface area contributed by atoms with Crippen molar-refractivity contribution in [3.05, 3.63) is 12.4 Å². The third-order valence-electron chi connectivity index (χ3n) is 2.21. The smallest absolute Gasteiger partial charge is 0.241 e. The Morgan fingerprint density at radius 2 is 2.00 bits per heavy atom. The normalized spacial score (nSPS) is 9.94. The van der Waals surface area contributed by atoms with Gasteiger partial charge in [0, 0.05) is 33.0 Å². The number of hydrogen-bond donors (Lipinski definition) is 1. The van der Waals surface area contributed by atoms with Gasteiger partial charge in [-0.15, -0.1) is 0 Å². The number of carbonyl (C=O) groups excluding carboxylic acids is 1. The van der Waals surface area contributed by atoms with Gasteiger partial charge in [-0.25, -0.2) is 9.97 Å². The first-order valence-corrected chi connectivity index (χ1v) is 5.07. The number of anilines is 2. The molecule has 88 valence electrons. The summed E-state index contributed by atoms with van der Waals surface area (Å²) in [5.74, 6) is 0.906. The number of nitrogens with two attached hydrogens (primary N) is 1. The van der Waals surface area contributed by atoms with E-state index in [0.717, 1.165) is 0 Å². The maximum atomic E-state index is 11.6. The first-order valence-electron chi connectivity index (χ1n) is 5.07. The summed E-state index contributed by atoms with van der Waals surface area (Å²) in [4.78, 5) is 23.0. The highest BCUT2D eigenvalue weighted by atomic mass is 16.2. The van der Waals surface area contributed by atoms with Crippen LogP contribution in [0.2, 0.25) is 0 Å². The van der Waals surface area contributed by atoms with Crippen LogP contribution in [0.15, 0.2) is 12.4 Å². The molecule has 0 bridgehead atoms. The molecule has 0 saturated carbocycles. The fourth-order valence-corrected chi connectivity index (χ4v) is 1.23. The van der Waals surface area contributed by atoms with E-state index in [2.05, 4.69) is 9.97 Å². The van der Waals surface area contributed by atoms with Crippen LogP contribution >= 0.6 is 0 Å². The minimum atomic E-state index is 0.00639. The molecule has 0 saturated heterocycles. The third-order valence-corrected chi connectivity index (χ3v) is 2.21. The first-order chi connectivity index (χ1) is 7.56. The standard InChI is InChI=1S/C10H17N5O/c1-4-15(7-8(16)14(2)3)10-9(11)12-5-6-13-10/h5-6H,4,7H2,1-3H3,(H2,11,12). The largest absolute Gasteiger partial charge is 0.381 e. The molecular weight excluding hydrogens is 206 g/mol. The van der Waals surface area contributed by atoms with Crippen molar-refractivity contribution >= 4 is 17.5 Å². The summed E-state index contributed by atoms with van der Waals surface area (Å²) in [6, 6.07) is 0. The van der Waals surface area contributed by atoms with Crippen LogP contribution in [0.3, 0.4) is 0 Å². The van der Waals surface area contributed by atoms with Crippen molar-refractivity contribution in [1.82, 2.24) is 14.9 Å². The number of carbonyl (C=O) groups is 1. The SMILES string of the molecule is CCN(CC(=O)N(C)C)c1nccnc1N. The molecule has 16 heavy (non-hydrogen) atoms. The molecule has 1 heterocycles. The second kappa shape index (κ2) is 5.29. The molecule has 0 radical (unpaired) electrons. The van der Waals surface area contributed by atoms with Gasteiger partial charge in [0.25, 0.3) is 0 Å². The molecule has 6 heteroatoms. The highest BCUT2D eigenvalue weighted by molar-refractivity contribution is 5.81. The van der Waals surface area contributed by atoms with Crippen LogP contribution in [0.25, 0.3) is 0 Å². The molecule has 0 spiro atoms. The number of amides is 1. The van der Waals surface area contributed by atoms with Crippen LogP contribution in [0.1, 0.15) is 6.92 Å². The van der Waals surface area contributed by atoms with E-state index in [-0.39, 0.29) is 12.5 Å². The van der Waals surface area contributed by atoms with Gasteiger partial charge in [-0.05, 0) is 6.92 Å². The Morgan fingerprint density at radius 3 is 2.50 bits per heavy atom. The zero-order valence-electron chi connectivity index (χ0n) is 9.84. The van der Waals surface area contributed by atoms with E-state index < -0.39 is 0 Å². The molecule has 6 nitrogen and oxygen atoms in total. The van der Waals surface area contributed by atoms with Crippen LogP contribution < -0.4 is 10.6 Å². The van der Waals surface area contributed by atoms with Crippen LogP contribution in [-0.2, 0) is 4.79 Å². The highest BCUT2D eigenvalue weighted by Crippen LogP contribution is 2.15. The van der Waals surface area contributed by atoms with Gasteiger partial charge < -0.3 is 15.5 Å². The first kappa shape index (κ1) is 12.2. The average Bonchev–Trinajstić information content (AvgIpc) is 2.26. The Morgan fingerprint density at radius 1 is 1.38 bits per heavy atom. The summed E-state index contributed by atoms with van der Waals surface area (Å²) >= 11 is 0. The van der Waals surface area contributed by atoms with Gasteiger partial charge >= 0.3 is 0 Å². The molecule has 2 N–H and O–H groups in total. The van der Waals surface area contributed by atoms with Crippen molar-refractivity contribution in [2.24, 2.45) is 0 Å². The van der Waals surface area contributed by atoms with Crippen molar-refractivity contribution in [2.45, 2.75) is 6.92 Å². The average molecular weight is 223 g/mol. The van der Waals surface area contributed by atoms with Crippen molar-refractivity contribution in [3.8, 4) is 0 Å². The molecule has 1 rings (SSSR count). The maximum Gasteiger partial charge on any atom is 0.241 e. The Bertz CT molecular complexity index is 366. The predicted molar refractivity (Wildman–Crippen MR) is 63.0 cm³/mol. The molecule has 1 aromatic rings. The molecule has 0 fully saturated rings. The molecule has 0 aliphatic carbocycles. The number of nitrogen functional groups attached to an aromatic ring is 1. The predicted octanol–water partition coefficient (Wildman–Crippen LogP) is -0.0267. The Labute approximate surface area is 95.1 Å². The van der Waals surface area contributed by atoms with Gasteiger partial charge in [0.15, 0.2) is 11.6 Å². The second-order valence-corrected chi connectivity index (χ2v) is 3.57. The monoisotopic (exact) mass is 223 g/mol. The summed E-state index contributed by atoms with van der Waals surface area (Å²) < 4.78 is 0. The summed E-state index contributed by atoms with van der Waals surface area (Å²) in [6.07, 6.45) is 3.09. The number of likely N-dealkylation sites (N-methyl/N-ethyl adjacent to an activating group) is 2. The Hall–Kier alpha value is -1.85. The quantitative estimate of drug-likeness (QED) is 0.776. The molecule has 0 unspecified atom stereocenters. The van der Waals surface area contributed by atoms with Crippen LogP contribution in [-0.4, -0.2) is 48.0 Å². The van der Waals surface area contributed by atoms with Crippen molar-refractivity contribution in [3.63, 3.8) is 0 Å². The van der Waals surface area contributed by atoms with E-state index in [1.807, 2.05) is 6.92 Å². The summed E-state index contributed by atoms with van der Waals surface area (Å²) in [7, 11) is 3.44. The zero-order valence-corrected chi connectivity index (χ0v) is 9.84. The number of hydrogen-bond acceptors (Lipinski definition) is 5. The highest BCUT2D eigenvalue weighted by Gasteiger charge is 2.14. The number of nitrogens with zero attached hydrogens (tertiary/aromatic N) is 4. The van der Waals surface area contributed by atoms with Gasteiger partial charge in [0.1, 0.15) is 0 Å². The molecule has 1 aromatic heterocycles. The minimum absolute atomic E-state index is 0.00639. The van der Waals surface area contributed by atoms with E-state index in [0.29, 0.717) is 18.2 Å². The van der Waals surface area contributed by atoms with Crippen LogP contribution in [0.4, 0.5) is 11.6 Å². The lowest BCUT2D eigenvalue weighted by Crippen LogP contribution is -2.37. The van der Waals surface area contributed by atoms with E-state index >= 15 is 0 Å². The van der Waals surface area contributed by atoms with E-state index in [1.54, 1.807) is 25.2 Å². The molecule has 0 aliphatic heterocycles. The van der Waals surface area contributed by atoms with Crippen molar-refractivity contribution < 1.29 is 4.79 Å². The fourth-order valence-electron chi connectivity index (χ4n) is 1.23. The van der Waals surface area contributed by atoms with E-state index in [9.17, 15) is 4.79 Å². The minimum Gasteiger partial charge on any atom is -0.381 e. The lowest BCUT2D eigenvalue weighted by atomic mass is 10.4. The van der Waals surface area contributed by atoms with Gasteiger partial charge in [0.2, 0.25) is 5.91 Å². The van der Waals surface area contributed by atoms with Gasteiger partial charge in [-0.3, -0.25) is 4.79 Å². The lowest BCUT2D eigenvalue weighted by molar-refractivity contribution is -0.127. The third kappa shape index (κ3) is 2.82. The Kier molecular flexibility index (Phi) is 4.04. The second-order valence-electron chi connectivity index (χ2n) is 3.57. The zero-order chi connectivity index (χ0) is 12.1. The maximum absolute atomic E-state index is 11.6. The number of aromatic nitrogens is 2. The van der Waals surface area contributed by atoms with Gasteiger partial charge in [-0.1, -0.05) is 0 Å². The van der Waals surface area contributed by atoms with Crippen molar-refractivity contribution in [1.29, 1.82) is 0 Å².